The summed E-state index contributed by atoms with van der Waals surface area (Å²) in [5.41, 5.74) is 22.2. The van der Waals surface area contributed by atoms with Crippen LogP contribution in [0.3, 0.4) is 0 Å². The van der Waals surface area contributed by atoms with Crippen molar-refractivity contribution in [2.75, 3.05) is 9.80 Å². The molecule has 2 aliphatic rings. The Balaban J connectivity index is 1.21. The zero-order valence-electron chi connectivity index (χ0n) is 41.7. The van der Waals surface area contributed by atoms with Crippen LogP contribution in [0.4, 0.5) is 34.1 Å². The SMILES string of the molecule is CC(C)(C)c1ccc(N(c2ccc(C(C)(C)C)cc2)c2ccc3c(c2)C2(c4ccccc4-c4ccccc42)c2cc(N(c4ccc(C(C)(C)C)cc4)c4ccc(C(C)(C)C)cc4)ccc2-3)cc1. The van der Waals surface area contributed by atoms with Crippen LogP contribution in [-0.2, 0) is 27.1 Å². The zero-order valence-corrected chi connectivity index (χ0v) is 41.7. The summed E-state index contributed by atoms with van der Waals surface area (Å²) in [6, 6.07) is 69.7. The lowest BCUT2D eigenvalue weighted by atomic mass is 9.70. The molecule has 10 rings (SSSR count). The largest absolute Gasteiger partial charge is 0.310 e. The van der Waals surface area contributed by atoms with Gasteiger partial charge < -0.3 is 9.80 Å². The maximum Gasteiger partial charge on any atom is 0.0727 e. The van der Waals surface area contributed by atoms with Crippen molar-refractivity contribution in [1.29, 1.82) is 0 Å². The fourth-order valence-electron chi connectivity index (χ4n) is 10.7. The summed E-state index contributed by atoms with van der Waals surface area (Å²) in [6.07, 6.45) is 0. The standard InChI is InChI=1S/C65H66N2/c1-61(2,3)43-21-29-47(30-22-43)66(48-31-23-44(24-32-48)62(4,5)6)51-37-39-55-56-40-38-52(42-60(56)65(59(55)41-51)57-19-15-13-17-53(57)54-18-14-16-20-58(54)65)67(49-33-25-45(26-34-49)63(7,8)9)50-35-27-46(28-36-50)64(10,11)12/h13-42H,1-12H3. The third-order valence-electron chi connectivity index (χ3n) is 14.5. The normalized spacial score (nSPS) is 13.8. The molecule has 0 atom stereocenters. The molecule has 0 saturated carbocycles. The van der Waals surface area contributed by atoms with Crippen LogP contribution in [0.1, 0.15) is 128 Å². The number of anilines is 6. The highest BCUT2D eigenvalue weighted by Crippen LogP contribution is 2.64. The van der Waals surface area contributed by atoms with Crippen LogP contribution in [0.15, 0.2) is 182 Å². The molecule has 1 spiro atoms. The van der Waals surface area contributed by atoms with Gasteiger partial charge in [-0.05, 0) is 161 Å². The third-order valence-corrected chi connectivity index (χ3v) is 14.5. The lowest BCUT2D eigenvalue weighted by molar-refractivity contribution is 0.590. The maximum absolute atomic E-state index is 2.51. The van der Waals surface area contributed by atoms with Crippen molar-refractivity contribution in [3.63, 3.8) is 0 Å². The molecule has 8 aromatic carbocycles. The van der Waals surface area contributed by atoms with E-state index in [2.05, 4.69) is 275 Å². The van der Waals surface area contributed by atoms with Crippen molar-refractivity contribution >= 4 is 34.1 Å². The first-order chi connectivity index (χ1) is 31.7. The Morgan fingerprint density at radius 3 is 0.761 bits per heavy atom. The molecule has 0 aromatic heterocycles. The smallest absolute Gasteiger partial charge is 0.0727 e. The minimum Gasteiger partial charge on any atom is -0.310 e. The van der Waals surface area contributed by atoms with Crippen molar-refractivity contribution < 1.29 is 0 Å². The van der Waals surface area contributed by atoms with Gasteiger partial charge in [-0.1, -0.05) is 192 Å². The van der Waals surface area contributed by atoms with Gasteiger partial charge in [0.1, 0.15) is 0 Å². The Morgan fingerprint density at radius 2 is 0.493 bits per heavy atom. The lowest BCUT2D eigenvalue weighted by Gasteiger charge is -2.33. The zero-order chi connectivity index (χ0) is 47.3. The summed E-state index contributed by atoms with van der Waals surface area (Å²) in [5.74, 6) is 0. The molecule has 0 bridgehead atoms. The topological polar surface area (TPSA) is 6.48 Å². The van der Waals surface area contributed by atoms with Crippen molar-refractivity contribution in [3.8, 4) is 22.3 Å². The highest BCUT2D eigenvalue weighted by atomic mass is 15.1. The molecule has 0 radical (unpaired) electrons. The lowest BCUT2D eigenvalue weighted by Crippen LogP contribution is -2.26. The van der Waals surface area contributed by atoms with E-state index in [0.29, 0.717) is 0 Å². The number of benzene rings is 8. The molecular weight excluding hydrogens is 809 g/mol. The van der Waals surface area contributed by atoms with E-state index in [1.54, 1.807) is 0 Å². The molecule has 67 heavy (non-hydrogen) atoms. The van der Waals surface area contributed by atoms with Crippen LogP contribution in [0.2, 0.25) is 0 Å². The number of fused-ring (bicyclic) bond motifs is 10. The Hall–Kier alpha value is -6.64. The van der Waals surface area contributed by atoms with Gasteiger partial charge in [0.15, 0.2) is 0 Å². The van der Waals surface area contributed by atoms with E-state index in [1.165, 1.54) is 66.8 Å². The Bertz CT molecular complexity index is 2790. The fourth-order valence-corrected chi connectivity index (χ4v) is 10.7. The molecule has 0 saturated heterocycles. The second-order valence-electron chi connectivity index (χ2n) is 23.2. The van der Waals surface area contributed by atoms with Gasteiger partial charge >= 0.3 is 0 Å². The molecule has 2 nitrogen and oxygen atoms in total. The molecule has 0 fully saturated rings. The molecule has 8 aromatic rings. The van der Waals surface area contributed by atoms with Crippen molar-refractivity contribution in [2.24, 2.45) is 0 Å². The summed E-state index contributed by atoms with van der Waals surface area (Å²) in [6.45, 7) is 27.5. The highest BCUT2D eigenvalue weighted by Gasteiger charge is 2.52. The first kappa shape index (κ1) is 44.2. The maximum atomic E-state index is 2.51. The van der Waals surface area contributed by atoms with E-state index in [1.807, 2.05) is 0 Å². The van der Waals surface area contributed by atoms with Gasteiger partial charge in [-0.25, -0.2) is 0 Å². The molecule has 0 unspecified atom stereocenters. The van der Waals surface area contributed by atoms with Gasteiger partial charge in [-0.3, -0.25) is 0 Å². The molecule has 0 aliphatic heterocycles. The van der Waals surface area contributed by atoms with Gasteiger partial charge in [0.25, 0.3) is 0 Å². The highest BCUT2D eigenvalue weighted by molar-refractivity contribution is 5.97. The molecule has 336 valence electrons. The molecule has 2 aliphatic carbocycles. The summed E-state index contributed by atoms with van der Waals surface area (Å²) in [7, 11) is 0. The molecule has 0 amide bonds. The summed E-state index contributed by atoms with van der Waals surface area (Å²) < 4.78 is 0. The number of hydrogen-bond donors (Lipinski definition) is 0. The third kappa shape index (κ3) is 7.50. The Kier molecular flexibility index (Phi) is 10.4. The second-order valence-corrected chi connectivity index (χ2v) is 23.2. The quantitative estimate of drug-likeness (QED) is 0.164. The van der Waals surface area contributed by atoms with E-state index in [-0.39, 0.29) is 21.7 Å². The summed E-state index contributed by atoms with van der Waals surface area (Å²) in [4.78, 5) is 4.91. The average Bonchev–Trinajstić information content (AvgIpc) is 3.75. The number of hydrogen-bond acceptors (Lipinski definition) is 2. The van der Waals surface area contributed by atoms with E-state index < -0.39 is 5.41 Å². The fraction of sp³-hybridized carbons (Fsp3) is 0.262. The Morgan fingerprint density at radius 1 is 0.254 bits per heavy atom. The molecule has 0 N–H and O–H groups in total. The summed E-state index contributed by atoms with van der Waals surface area (Å²) in [5, 5.41) is 0. The van der Waals surface area contributed by atoms with Gasteiger partial charge in [0.2, 0.25) is 0 Å². The molecule has 0 heterocycles. The van der Waals surface area contributed by atoms with Crippen LogP contribution in [0.5, 0.6) is 0 Å². The first-order valence-electron chi connectivity index (χ1n) is 24.3. The monoisotopic (exact) mass is 875 g/mol. The van der Waals surface area contributed by atoms with Gasteiger partial charge in [-0.2, -0.15) is 0 Å². The van der Waals surface area contributed by atoms with Crippen molar-refractivity contribution in [3.05, 3.63) is 226 Å². The van der Waals surface area contributed by atoms with Gasteiger partial charge in [0.05, 0.1) is 5.41 Å². The Labute approximate surface area is 401 Å². The predicted molar refractivity (Wildman–Crippen MR) is 287 cm³/mol. The molecular formula is C65H66N2. The minimum absolute atomic E-state index is 0.0485. The number of rotatable bonds is 6. The van der Waals surface area contributed by atoms with Crippen LogP contribution in [0.25, 0.3) is 22.3 Å². The average molecular weight is 875 g/mol. The van der Waals surface area contributed by atoms with E-state index in [9.17, 15) is 0 Å². The van der Waals surface area contributed by atoms with E-state index in [4.69, 9.17) is 0 Å². The van der Waals surface area contributed by atoms with Gasteiger partial charge in [-0.15, -0.1) is 0 Å². The summed E-state index contributed by atoms with van der Waals surface area (Å²) >= 11 is 0. The predicted octanol–water partition coefficient (Wildman–Crippen LogP) is 18.2. The van der Waals surface area contributed by atoms with Crippen LogP contribution in [-0.4, -0.2) is 0 Å². The first-order valence-corrected chi connectivity index (χ1v) is 24.3. The van der Waals surface area contributed by atoms with Gasteiger partial charge in [0, 0.05) is 34.1 Å². The van der Waals surface area contributed by atoms with Crippen LogP contribution < -0.4 is 9.80 Å². The second kappa shape index (κ2) is 15.7. The van der Waals surface area contributed by atoms with E-state index in [0.717, 1.165) is 34.1 Å². The van der Waals surface area contributed by atoms with Crippen LogP contribution >= 0.6 is 0 Å². The van der Waals surface area contributed by atoms with Crippen molar-refractivity contribution in [2.45, 2.75) is 110 Å². The van der Waals surface area contributed by atoms with Crippen molar-refractivity contribution in [1.82, 2.24) is 0 Å². The van der Waals surface area contributed by atoms with Crippen LogP contribution in [0, 0.1) is 0 Å². The number of nitrogens with zero attached hydrogens (tertiary/aromatic N) is 2. The minimum atomic E-state index is -0.556. The molecule has 2 heteroatoms. The van der Waals surface area contributed by atoms with E-state index >= 15 is 0 Å².